The Balaban J connectivity index is 1.79. The Labute approximate surface area is 171 Å². The molecule has 1 aliphatic heterocycles. The van der Waals surface area contributed by atoms with Gasteiger partial charge in [-0.3, -0.25) is 14.8 Å². The molecule has 0 radical (unpaired) electrons. The minimum atomic E-state index is -0.811. The Morgan fingerprint density at radius 1 is 1.10 bits per heavy atom. The van der Waals surface area contributed by atoms with E-state index in [9.17, 15) is 9.59 Å². The van der Waals surface area contributed by atoms with Crippen molar-refractivity contribution in [1.82, 2.24) is 10.8 Å². The van der Waals surface area contributed by atoms with Gasteiger partial charge in [-0.15, -0.1) is 0 Å². The van der Waals surface area contributed by atoms with Gasteiger partial charge in [0.1, 0.15) is 0 Å². The lowest BCUT2D eigenvalue weighted by atomic mass is 9.98. The second kappa shape index (κ2) is 12.5. The van der Waals surface area contributed by atoms with E-state index in [1.165, 1.54) is 0 Å². The molecule has 3 unspecified atom stereocenters. The van der Waals surface area contributed by atoms with E-state index in [1.54, 1.807) is 12.6 Å². The van der Waals surface area contributed by atoms with E-state index in [0.717, 1.165) is 24.0 Å². The van der Waals surface area contributed by atoms with Crippen molar-refractivity contribution >= 4 is 11.8 Å². The van der Waals surface area contributed by atoms with E-state index in [-0.39, 0.29) is 30.4 Å². The number of rotatable bonds is 11. The zero-order chi connectivity index (χ0) is 21.1. The summed E-state index contributed by atoms with van der Waals surface area (Å²) >= 11 is 0. The molecule has 8 heteroatoms. The summed E-state index contributed by atoms with van der Waals surface area (Å²) in [6.07, 6.45) is 3.20. The normalized spacial score (nSPS) is 21.6. The maximum absolute atomic E-state index is 12.3. The highest BCUT2D eigenvalue weighted by atomic mass is 16.7. The number of nitrogens with one attached hydrogen (secondary N) is 2. The Hall–Kier alpha value is -2.00. The standard InChI is InChI=1S/C21H32N2O6/c1-15-9-7-8-10-17(15)18-13-16(14-27-2)28-21(29-18)22-19(24)11-5-3-4-6-12-20(25)23-26/h7-10,16,18,21,26H,3-6,11-14H2,1-2H3,(H,22,24)(H,23,25). The number of hydrogen-bond donors (Lipinski definition) is 3. The predicted molar refractivity (Wildman–Crippen MR) is 106 cm³/mol. The third-order valence-electron chi connectivity index (χ3n) is 4.93. The Kier molecular flexibility index (Phi) is 10.1. The fourth-order valence-corrected chi connectivity index (χ4v) is 3.40. The van der Waals surface area contributed by atoms with Gasteiger partial charge < -0.3 is 19.5 Å². The number of amides is 2. The molecule has 29 heavy (non-hydrogen) atoms. The largest absolute Gasteiger partial charge is 0.382 e. The summed E-state index contributed by atoms with van der Waals surface area (Å²) in [5, 5.41) is 11.2. The molecule has 1 heterocycles. The molecule has 8 nitrogen and oxygen atoms in total. The molecular weight excluding hydrogens is 376 g/mol. The second-order valence-electron chi connectivity index (χ2n) is 7.28. The minimum absolute atomic E-state index is 0.135. The van der Waals surface area contributed by atoms with E-state index in [2.05, 4.69) is 5.32 Å². The number of methoxy groups -OCH3 is 1. The maximum atomic E-state index is 12.3. The van der Waals surface area contributed by atoms with Gasteiger partial charge in [0.05, 0.1) is 18.8 Å². The second-order valence-corrected chi connectivity index (χ2v) is 7.28. The van der Waals surface area contributed by atoms with Crippen molar-refractivity contribution in [3.05, 3.63) is 35.4 Å². The molecule has 1 aromatic carbocycles. The monoisotopic (exact) mass is 408 g/mol. The highest BCUT2D eigenvalue weighted by Crippen LogP contribution is 2.32. The summed E-state index contributed by atoms with van der Waals surface area (Å²) in [6.45, 7) is 2.47. The molecular formula is C21H32N2O6. The molecule has 1 aromatic rings. The third-order valence-corrected chi connectivity index (χ3v) is 4.93. The minimum Gasteiger partial charge on any atom is -0.382 e. The van der Waals surface area contributed by atoms with Crippen LogP contribution in [-0.2, 0) is 23.8 Å². The van der Waals surface area contributed by atoms with Gasteiger partial charge in [0.15, 0.2) is 0 Å². The van der Waals surface area contributed by atoms with Crippen LogP contribution in [0.3, 0.4) is 0 Å². The van der Waals surface area contributed by atoms with Crippen molar-refractivity contribution in [2.75, 3.05) is 13.7 Å². The molecule has 0 aromatic heterocycles. The molecule has 162 valence electrons. The molecule has 0 bridgehead atoms. The van der Waals surface area contributed by atoms with Gasteiger partial charge in [-0.25, -0.2) is 5.48 Å². The first kappa shape index (κ1) is 23.3. The fourth-order valence-electron chi connectivity index (χ4n) is 3.40. The van der Waals surface area contributed by atoms with Gasteiger partial charge in [-0.1, -0.05) is 37.1 Å². The average molecular weight is 408 g/mol. The Morgan fingerprint density at radius 3 is 2.45 bits per heavy atom. The molecule has 1 saturated heterocycles. The first-order valence-corrected chi connectivity index (χ1v) is 10.1. The van der Waals surface area contributed by atoms with Crippen LogP contribution in [0, 0.1) is 6.92 Å². The third kappa shape index (κ3) is 8.10. The van der Waals surface area contributed by atoms with E-state index in [0.29, 0.717) is 32.3 Å². The van der Waals surface area contributed by atoms with Gasteiger partial charge in [0.25, 0.3) is 0 Å². The fraction of sp³-hybridized carbons (Fsp3) is 0.619. The van der Waals surface area contributed by atoms with Crippen LogP contribution in [-0.4, -0.2) is 43.3 Å². The molecule has 3 atom stereocenters. The van der Waals surface area contributed by atoms with Crippen molar-refractivity contribution in [2.24, 2.45) is 0 Å². The molecule has 0 spiro atoms. The highest BCUT2D eigenvalue weighted by Gasteiger charge is 2.32. The number of aryl methyl sites for hydroxylation is 1. The summed E-state index contributed by atoms with van der Waals surface area (Å²) in [5.41, 5.74) is 3.83. The first-order valence-electron chi connectivity index (χ1n) is 10.1. The maximum Gasteiger partial charge on any atom is 0.243 e. The molecule has 2 rings (SSSR count). The van der Waals surface area contributed by atoms with E-state index in [4.69, 9.17) is 19.4 Å². The highest BCUT2D eigenvalue weighted by molar-refractivity contribution is 5.76. The number of carbonyl (C=O) groups is 2. The zero-order valence-corrected chi connectivity index (χ0v) is 17.2. The number of ether oxygens (including phenoxy) is 3. The van der Waals surface area contributed by atoms with Crippen LogP contribution in [0.1, 0.15) is 62.2 Å². The van der Waals surface area contributed by atoms with E-state index < -0.39 is 6.41 Å². The lowest BCUT2D eigenvalue weighted by molar-refractivity contribution is -0.262. The topological polar surface area (TPSA) is 106 Å². The van der Waals surface area contributed by atoms with Crippen LogP contribution in [0.5, 0.6) is 0 Å². The van der Waals surface area contributed by atoms with Crippen molar-refractivity contribution in [2.45, 2.75) is 70.5 Å². The van der Waals surface area contributed by atoms with Crippen molar-refractivity contribution in [1.29, 1.82) is 0 Å². The number of unbranched alkanes of at least 4 members (excludes halogenated alkanes) is 3. The smallest absolute Gasteiger partial charge is 0.243 e. The van der Waals surface area contributed by atoms with Crippen molar-refractivity contribution < 1.29 is 29.0 Å². The summed E-state index contributed by atoms with van der Waals surface area (Å²) in [4.78, 5) is 23.2. The van der Waals surface area contributed by atoms with Gasteiger partial charge >= 0.3 is 0 Å². The quantitative estimate of drug-likeness (QED) is 0.295. The zero-order valence-electron chi connectivity index (χ0n) is 17.2. The van der Waals surface area contributed by atoms with Crippen LogP contribution >= 0.6 is 0 Å². The summed E-state index contributed by atoms with van der Waals surface area (Å²) < 4.78 is 17.1. The number of hydrogen-bond acceptors (Lipinski definition) is 6. The molecule has 3 N–H and O–H groups in total. The summed E-state index contributed by atoms with van der Waals surface area (Å²) in [5.74, 6) is -0.520. The van der Waals surface area contributed by atoms with Crippen molar-refractivity contribution in [3.63, 3.8) is 0 Å². The van der Waals surface area contributed by atoms with Gasteiger partial charge in [-0.05, 0) is 30.9 Å². The molecule has 0 saturated carbocycles. The predicted octanol–water partition coefficient (Wildman–Crippen LogP) is 2.73. The van der Waals surface area contributed by atoms with Crippen LogP contribution in [0.4, 0.5) is 0 Å². The average Bonchev–Trinajstić information content (AvgIpc) is 2.70. The van der Waals surface area contributed by atoms with Crippen LogP contribution in [0.2, 0.25) is 0 Å². The van der Waals surface area contributed by atoms with Crippen LogP contribution in [0.15, 0.2) is 24.3 Å². The molecule has 1 aliphatic rings. The summed E-state index contributed by atoms with van der Waals surface area (Å²) in [6, 6.07) is 8.03. The van der Waals surface area contributed by atoms with E-state index >= 15 is 0 Å². The molecule has 2 amide bonds. The number of benzene rings is 1. The van der Waals surface area contributed by atoms with Gasteiger partial charge in [-0.2, -0.15) is 0 Å². The van der Waals surface area contributed by atoms with Gasteiger partial charge in [0, 0.05) is 26.4 Å². The van der Waals surface area contributed by atoms with Crippen LogP contribution < -0.4 is 10.8 Å². The lowest BCUT2D eigenvalue weighted by Gasteiger charge is -2.36. The Bertz CT molecular complexity index is 654. The Morgan fingerprint density at radius 2 is 1.79 bits per heavy atom. The molecule has 0 aliphatic carbocycles. The first-order chi connectivity index (χ1) is 14.0. The SMILES string of the molecule is COCC1CC(c2ccccc2C)OC(NC(=O)CCCCCCC(=O)NO)O1. The van der Waals surface area contributed by atoms with E-state index in [1.807, 2.05) is 31.2 Å². The summed E-state index contributed by atoms with van der Waals surface area (Å²) in [7, 11) is 1.62. The number of hydroxylamine groups is 1. The lowest BCUT2D eigenvalue weighted by Crippen LogP contribution is -2.47. The van der Waals surface area contributed by atoms with Crippen LogP contribution in [0.25, 0.3) is 0 Å². The number of carbonyl (C=O) groups excluding carboxylic acids is 2. The van der Waals surface area contributed by atoms with Gasteiger partial charge in [0.2, 0.25) is 18.2 Å². The van der Waals surface area contributed by atoms with Crippen molar-refractivity contribution in [3.8, 4) is 0 Å². The molecule has 1 fully saturated rings.